The van der Waals surface area contributed by atoms with Gasteiger partial charge in [0.2, 0.25) is 11.8 Å². The first-order chi connectivity index (χ1) is 7.33. The zero-order chi connectivity index (χ0) is 10.3. The largest absolute Gasteiger partial charge is 0.420 e. The van der Waals surface area contributed by atoms with E-state index in [0.29, 0.717) is 17.7 Å². The van der Waals surface area contributed by atoms with E-state index >= 15 is 0 Å². The number of rotatable bonds is 2. The summed E-state index contributed by atoms with van der Waals surface area (Å²) < 4.78 is 18.2. The molecule has 0 radical (unpaired) electrons. The molecular formula is C11H9FN2O. The first-order valence-electron chi connectivity index (χ1n) is 4.92. The van der Waals surface area contributed by atoms with Crippen molar-refractivity contribution >= 4 is 0 Å². The van der Waals surface area contributed by atoms with Gasteiger partial charge in [-0.05, 0) is 37.1 Å². The number of nitrogens with zero attached hydrogens (tertiary/aromatic N) is 2. The third-order valence-corrected chi connectivity index (χ3v) is 2.46. The van der Waals surface area contributed by atoms with Crippen molar-refractivity contribution in [3.63, 3.8) is 0 Å². The Bertz CT molecular complexity index is 474. The maximum atomic E-state index is 12.7. The van der Waals surface area contributed by atoms with Gasteiger partial charge in [-0.15, -0.1) is 10.2 Å². The average molecular weight is 204 g/mol. The SMILES string of the molecule is Fc1ccc(-c2nnc(C3CC3)o2)cc1. The average Bonchev–Trinajstić information content (AvgIpc) is 2.99. The summed E-state index contributed by atoms with van der Waals surface area (Å²) in [5.41, 5.74) is 0.760. The van der Waals surface area contributed by atoms with Crippen LogP contribution >= 0.6 is 0 Å². The Morgan fingerprint density at radius 2 is 1.87 bits per heavy atom. The van der Waals surface area contributed by atoms with E-state index in [0.717, 1.165) is 18.4 Å². The van der Waals surface area contributed by atoms with Crippen LogP contribution in [0.1, 0.15) is 24.7 Å². The van der Waals surface area contributed by atoms with Gasteiger partial charge in [-0.2, -0.15) is 0 Å². The third-order valence-electron chi connectivity index (χ3n) is 2.46. The number of hydrogen-bond acceptors (Lipinski definition) is 3. The van der Waals surface area contributed by atoms with Gasteiger partial charge < -0.3 is 4.42 Å². The van der Waals surface area contributed by atoms with Crippen LogP contribution in [0.25, 0.3) is 11.5 Å². The van der Waals surface area contributed by atoms with Crippen LogP contribution in [0.4, 0.5) is 4.39 Å². The Morgan fingerprint density at radius 3 is 2.53 bits per heavy atom. The predicted octanol–water partition coefficient (Wildman–Crippen LogP) is 2.75. The van der Waals surface area contributed by atoms with Crippen molar-refractivity contribution in [3.05, 3.63) is 36.0 Å². The second kappa shape index (κ2) is 3.15. The Balaban J connectivity index is 1.93. The summed E-state index contributed by atoms with van der Waals surface area (Å²) >= 11 is 0. The molecule has 4 heteroatoms. The zero-order valence-electron chi connectivity index (χ0n) is 7.98. The Labute approximate surface area is 85.9 Å². The molecule has 0 bridgehead atoms. The normalized spacial score (nSPS) is 15.5. The summed E-state index contributed by atoms with van der Waals surface area (Å²) in [5.74, 6) is 1.36. The van der Waals surface area contributed by atoms with Crippen molar-refractivity contribution in [2.75, 3.05) is 0 Å². The van der Waals surface area contributed by atoms with Crippen LogP contribution in [0, 0.1) is 5.82 Å². The highest BCUT2D eigenvalue weighted by atomic mass is 19.1. The van der Waals surface area contributed by atoms with E-state index in [2.05, 4.69) is 10.2 Å². The molecule has 1 aliphatic rings. The quantitative estimate of drug-likeness (QED) is 0.755. The number of aromatic nitrogens is 2. The van der Waals surface area contributed by atoms with Crippen LogP contribution in [0.15, 0.2) is 28.7 Å². The van der Waals surface area contributed by atoms with E-state index < -0.39 is 0 Å². The van der Waals surface area contributed by atoms with Gasteiger partial charge in [0, 0.05) is 11.5 Å². The highest BCUT2D eigenvalue weighted by molar-refractivity contribution is 5.52. The van der Waals surface area contributed by atoms with Crippen LogP contribution in [-0.4, -0.2) is 10.2 Å². The lowest BCUT2D eigenvalue weighted by atomic mass is 10.2. The van der Waals surface area contributed by atoms with E-state index in [1.165, 1.54) is 12.1 Å². The van der Waals surface area contributed by atoms with Crippen molar-refractivity contribution in [1.29, 1.82) is 0 Å². The van der Waals surface area contributed by atoms with Gasteiger partial charge in [-0.25, -0.2) is 4.39 Å². The second-order valence-electron chi connectivity index (χ2n) is 3.73. The van der Waals surface area contributed by atoms with Crippen LogP contribution in [-0.2, 0) is 0 Å². The minimum Gasteiger partial charge on any atom is -0.420 e. The lowest BCUT2D eigenvalue weighted by Gasteiger charge is -1.93. The molecule has 0 amide bonds. The van der Waals surface area contributed by atoms with Crippen molar-refractivity contribution in [3.8, 4) is 11.5 Å². The fourth-order valence-electron chi connectivity index (χ4n) is 1.44. The Kier molecular flexibility index (Phi) is 1.80. The molecule has 0 aliphatic heterocycles. The smallest absolute Gasteiger partial charge is 0.247 e. The van der Waals surface area contributed by atoms with Crippen molar-refractivity contribution in [1.82, 2.24) is 10.2 Å². The Hall–Kier alpha value is -1.71. The molecule has 0 spiro atoms. The van der Waals surface area contributed by atoms with Crippen LogP contribution in [0.5, 0.6) is 0 Å². The molecule has 1 aromatic heterocycles. The Morgan fingerprint density at radius 1 is 1.13 bits per heavy atom. The molecule has 2 aromatic rings. The minimum atomic E-state index is -0.263. The minimum absolute atomic E-state index is 0.263. The predicted molar refractivity (Wildman–Crippen MR) is 51.7 cm³/mol. The second-order valence-corrected chi connectivity index (χ2v) is 3.73. The molecule has 0 N–H and O–H groups in total. The summed E-state index contributed by atoms with van der Waals surface area (Å²) in [4.78, 5) is 0. The highest BCUT2D eigenvalue weighted by Crippen LogP contribution is 2.39. The molecule has 3 nitrogen and oxygen atoms in total. The summed E-state index contributed by atoms with van der Waals surface area (Å²) in [6, 6.07) is 6.05. The van der Waals surface area contributed by atoms with E-state index in [-0.39, 0.29) is 5.82 Å². The van der Waals surface area contributed by atoms with Crippen molar-refractivity contribution in [2.24, 2.45) is 0 Å². The highest BCUT2D eigenvalue weighted by Gasteiger charge is 2.29. The maximum absolute atomic E-state index is 12.7. The fraction of sp³-hybridized carbons (Fsp3) is 0.273. The van der Waals surface area contributed by atoms with E-state index in [1.807, 2.05) is 0 Å². The van der Waals surface area contributed by atoms with Crippen molar-refractivity contribution in [2.45, 2.75) is 18.8 Å². The lowest BCUT2D eigenvalue weighted by molar-refractivity contribution is 0.508. The molecule has 1 aromatic carbocycles. The molecule has 1 fully saturated rings. The topological polar surface area (TPSA) is 38.9 Å². The standard InChI is InChI=1S/C11H9FN2O/c12-9-5-3-8(4-6-9)11-14-13-10(15-11)7-1-2-7/h3-7H,1-2H2. The third kappa shape index (κ3) is 1.63. The van der Waals surface area contributed by atoms with Gasteiger partial charge >= 0.3 is 0 Å². The molecule has 1 aliphatic carbocycles. The van der Waals surface area contributed by atoms with E-state index in [4.69, 9.17) is 4.42 Å². The first kappa shape index (κ1) is 8.59. The summed E-state index contributed by atoms with van der Waals surface area (Å²) in [5, 5.41) is 7.90. The van der Waals surface area contributed by atoms with Crippen molar-refractivity contribution < 1.29 is 8.81 Å². The lowest BCUT2D eigenvalue weighted by Crippen LogP contribution is -1.78. The molecular weight excluding hydrogens is 195 g/mol. The van der Waals surface area contributed by atoms with Gasteiger partial charge in [0.15, 0.2) is 0 Å². The van der Waals surface area contributed by atoms with Crippen LogP contribution < -0.4 is 0 Å². The van der Waals surface area contributed by atoms with Gasteiger partial charge in [-0.3, -0.25) is 0 Å². The van der Waals surface area contributed by atoms with Gasteiger partial charge in [0.05, 0.1) is 0 Å². The number of benzene rings is 1. The molecule has 0 unspecified atom stereocenters. The van der Waals surface area contributed by atoms with Crippen LogP contribution in [0.2, 0.25) is 0 Å². The molecule has 3 rings (SSSR count). The van der Waals surface area contributed by atoms with E-state index in [1.54, 1.807) is 12.1 Å². The summed E-state index contributed by atoms with van der Waals surface area (Å²) in [7, 11) is 0. The summed E-state index contributed by atoms with van der Waals surface area (Å²) in [6.07, 6.45) is 2.26. The van der Waals surface area contributed by atoms with Gasteiger partial charge in [0.25, 0.3) is 0 Å². The molecule has 0 atom stereocenters. The first-order valence-corrected chi connectivity index (χ1v) is 4.92. The number of halogens is 1. The molecule has 15 heavy (non-hydrogen) atoms. The maximum Gasteiger partial charge on any atom is 0.247 e. The summed E-state index contributed by atoms with van der Waals surface area (Å²) in [6.45, 7) is 0. The van der Waals surface area contributed by atoms with Gasteiger partial charge in [0.1, 0.15) is 5.82 Å². The molecule has 0 saturated heterocycles. The number of hydrogen-bond donors (Lipinski definition) is 0. The molecule has 1 heterocycles. The monoisotopic (exact) mass is 204 g/mol. The fourth-order valence-corrected chi connectivity index (χ4v) is 1.44. The van der Waals surface area contributed by atoms with Gasteiger partial charge in [-0.1, -0.05) is 0 Å². The van der Waals surface area contributed by atoms with Crippen LogP contribution in [0.3, 0.4) is 0 Å². The molecule has 1 saturated carbocycles. The van der Waals surface area contributed by atoms with E-state index in [9.17, 15) is 4.39 Å². The molecule has 76 valence electrons. The zero-order valence-corrected chi connectivity index (χ0v) is 7.98.